The van der Waals surface area contributed by atoms with Gasteiger partial charge in [0.1, 0.15) is 5.82 Å². The van der Waals surface area contributed by atoms with Gasteiger partial charge in [0.2, 0.25) is 0 Å². The molecule has 2 saturated heterocycles. The summed E-state index contributed by atoms with van der Waals surface area (Å²) in [5.74, 6) is 0.172. The van der Waals surface area contributed by atoms with Crippen LogP contribution in [0.1, 0.15) is 81.7 Å². The molecule has 10 nitrogen and oxygen atoms in total. The molecule has 1 aromatic heterocycles. The van der Waals surface area contributed by atoms with Gasteiger partial charge in [0, 0.05) is 66.5 Å². The molecule has 3 aromatic rings. The van der Waals surface area contributed by atoms with Crippen molar-refractivity contribution in [3.8, 4) is 0 Å². The Morgan fingerprint density at radius 1 is 0.961 bits per heavy atom. The number of aryl methyl sites for hydroxylation is 1. The average Bonchev–Trinajstić information content (AvgIpc) is 3.95. The van der Waals surface area contributed by atoms with Gasteiger partial charge in [-0.25, -0.2) is 9.98 Å². The van der Waals surface area contributed by atoms with E-state index in [-0.39, 0.29) is 29.2 Å². The number of aromatic nitrogens is 1. The number of pyridine rings is 1. The Bertz CT molecular complexity index is 1940. The Morgan fingerprint density at radius 2 is 1.65 bits per heavy atom. The highest BCUT2D eigenvalue weighted by Crippen LogP contribution is 2.42. The normalized spacial score (nSPS) is 19.8. The second-order valence-corrected chi connectivity index (χ2v) is 14.1. The van der Waals surface area contributed by atoms with E-state index < -0.39 is 6.04 Å². The molecule has 1 spiro atoms. The lowest BCUT2D eigenvalue weighted by Gasteiger charge is -2.53. The summed E-state index contributed by atoms with van der Waals surface area (Å²) in [7, 11) is 0. The van der Waals surface area contributed by atoms with Crippen LogP contribution in [0.5, 0.6) is 0 Å². The summed E-state index contributed by atoms with van der Waals surface area (Å²) < 4.78 is 5.57. The molecule has 10 heteroatoms. The van der Waals surface area contributed by atoms with Crippen LogP contribution in [0.15, 0.2) is 102 Å². The molecule has 0 bridgehead atoms. The Balaban J connectivity index is 1.08. The van der Waals surface area contributed by atoms with Crippen molar-refractivity contribution in [2.75, 3.05) is 36.5 Å². The number of aliphatic imine (C=N–C) groups is 1. The monoisotopic (exact) mass is 684 g/mol. The van der Waals surface area contributed by atoms with E-state index in [0.29, 0.717) is 45.3 Å². The second-order valence-electron chi connectivity index (χ2n) is 14.1. The van der Waals surface area contributed by atoms with E-state index in [4.69, 9.17) is 9.73 Å². The molecule has 3 amide bonds. The van der Waals surface area contributed by atoms with E-state index in [2.05, 4.69) is 27.1 Å². The van der Waals surface area contributed by atoms with Gasteiger partial charge in [0.05, 0.1) is 23.0 Å². The first-order valence-electron chi connectivity index (χ1n) is 17.7. The molecular weight excluding hydrogens is 640 g/mol. The van der Waals surface area contributed by atoms with Crippen molar-refractivity contribution < 1.29 is 19.1 Å². The highest BCUT2D eigenvalue weighted by atomic mass is 16.5. The van der Waals surface area contributed by atoms with E-state index in [1.165, 1.54) is 0 Å². The lowest BCUT2D eigenvalue weighted by atomic mass is 9.73. The minimum Gasteiger partial charge on any atom is -0.381 e. The van der Waals surface area contributed by atoms with E-state index in [9.17, 15) is 14.4 Å². The van der Waals surface area contributed by atoms with Crippen molar-refractivity contribution in [2.24, 2.45) is 10.4 Å². The largest absolute Gasteiger partial charge is 0.381 e. The zero-order chi connectivity index (χ0) is 35.7. The smallest absolute Gasteiger partial charge is 0.259 e. The number of amides is 3. The maximum atomic E-state index is 14.2. The maximum Gasteiger partial charge on any atom is 0.259 e. The number of hydrogen-bond donors (Lipinski definition) is 2. The number of carbonyl (C=O) groups excluding carboxylic acids is 3. The molecule has 1 aliphatic carbocycles. The Morgan fingerprint density at radius 3 is 2.31 bits per heavy atom. The van der Waals surface area contributed by atoms with Crippen LogP contribution in [0.3, 0.4) is 0 Å². The average molecular weight is 685 g/mol. The zero-order valence-corrected chi connectivity index (χ0v) is 29.4. The van der Waals surface area contributed by atoms with E-state index in [1.54, 1.807) is 59.6 Å². The number of hydrogen-bond acceptors (Lipinski definition) is 7. The van der Waals surface area contributed by atoms with E-state index >= 15 is 0 Å². The standard InChI is InChI=1S/C41H44N6O4/c1-5-6-7-35-27(3)47(28(4)36(45-35)29-8-10-30(11-9-29)38(48)43-33-16-17-33)40(50)31-12-14-32(15-13-31)44-39(49)34-22-26(2)23-42-37(34)46-24-41(25-46)18-20-51-21-19-41/h5-15,22-23,28,33H,1,16-21,24-25H2,2-4H3,(H,43,48)(H,44,49)/b7-6-/t28-/m0/s1. The molecule has 4 heterocycles. The molecule has 3 aliphatic heterocycles. The van der Waals surface area contributed by atoms with Crippen molar-refractivity contribution in [1.29, 1.82) is 0 Å². The summed E-state index contributed by atoms with van der Waals surface area (Å²) in [5.41, 5.74) is 6.21. The van der Waals surface area contributed by atoms with Crippen LogP contribution >= 0.6 is 0 Å². The lowest BCUT2D eigenvalue weighted by Crippen LogP contribution is -2.59. The summed E-state index contributed by atoms with van der Waals surface area (Å²) in [5, 5.41) is 6.04. The van der Waals surface area contributed by atoms with Gasteiger partial charge < -0.3 is 25.2 Å². The number of allylic oxidation sites excluding steroid dienone is 4. The molecule has 51 heavy (non-hydrogen) atoms. The van der Waals surface area contributed by atoms with Crippen LogP contribution in [-0.4, -0.2) is 71.7 Å². The van der Waals surface area contributed by atoms with Crippen molar-refractivity contribution >= 4 is 34.9 Å². The Hall–Kier alpha value is -5.35. The first-order chi connectivity index (χ1) is 24.6. The van der Waals surface area contributed by atoms with Crippen LogP contribution in [-0.2, 0) is 4.74 Å². The number of nitrogens with zero attached hydrogens (tertiary/aromatic N) is 4. The molecule has 3 fully saturated rings. The number of anilines is 2. The molecule has 262 valence electrons. The van der Waals surface area contributed by atoms with Crippen LogP contribution in [0.25, 0.3) is 0 Å². The van der Waals surface area contributed by atoms with Crippen LogP contribution in [0.2, 0.25) is 0 Å². The predicted molar refractivity (Wildman–Crippen MR) is 199 cm³/mol. The fourth-order valence-corrected chi connectivity index (χ4v) is 7.13. The molecule has 0 radical (unpaired) electrons. The van der Waals surface area contributed by atoms with Gasteiger partial charge >= 0.3 is 0 Å². The molecule has 0 unspecified atom stereocenters. The molecule has 1 atom stereocenters. The summed E-state index contributed by atoms with van der Waals surface area (Å²) in [4.78, 5) is 53.9. The van der Waals surface area contributed by atoms with Crippen molar-refractivity contribution in [2.45, 2.75) is 58.5 Å². The fourth-order valence-electron chi connectivity index (χ4n) is 7.13. The minimum atomic E-state index is -0.391. The van der Waals surface area contributed by atoms with Gasteiger partial charge in [-0.05, 0) is 106 Å². The molecule has 4 aliphatic rings. The molecule has 2 aromatic carbocycles. The number of nitrogens with one attached hydrogen (secondary N) is 2. The quantitative estimate of drug-likeness (QED) is 0.250. The minimum absolute atomic E-state index is 0.0832. The fraction of sp³-hybridized carbons (Fsp3) is 0.341. The van der Waals surface area contributed by atoms with Crippen molar-refractivity contribution in [3.63, 3.8) is 0 Å². The molecule has 7 rings (SSSR count). The second kappa shape index (κ2) is 14.1. The third-order valence-electron chi connectivity index (χ3n) is 10.3. The first kappa shape index (κ1) is 34.1. The predicted octanol–water partition coefficient (Wildman–Crippen LogP) is 6.46. The molecule has 1 saturated carbocycles. The van der Waals surface area contributed by atoms with Gasteiger partial charge in [-0.3, -0.25) is 14.4 Å². The summed E-state index contributed by atoms with van der Waals surface area (Å²) in [6.07, 6.45) is 11.2. The maximum absolute atomic E-state index is 14.2. The van der Waals surface area contributed by atoms with Gasteiger partial charge in [-0.2, -0.15) is 0 Å². The van der Waals surface area contributed by atoms with Gasteiger partial charge in [-0.1, -0.05) is 30.9 Å². The summed E-state index contributed by atoms with van der Waals surface area (Å²) in [6.45, 7) is 12.9. The number of benzene rings is 2. The topological polar surface area (TPSA) is 116 Å². The van der Waals surface area contributed by atoms with Gasteiger partial charge in [0.15, 0.2) is 0 Å². The third-order valence-corrected chi connectivity index (χ3v) is 10.3. The lowest BCUT2D eigenvalue weighted by molar-refractivity contribution is -0.000511. The molecule has 2 N–H and O–H groups in total. The van der Waals surface area contributed by atoms with Crippen LogP contribution < -0.4 is 15.5 Å². The van der Waals surface area contributed by atoms with Crippen molar-refractivity contribution in [3.05, 3.63) is 125 Å². The van der Waals surface area contributed by atoms with Crippen LogP contribution in [0, 0.1) is 12.3 Å². The van der Waals surface area contributed by atoms with Gasteiger partial charge in [-0.15, -0.1) is 0 Å². The summed E-state index contributed by atoms with van der Waals surface area (Å²) >= 11 is 0. The highest BCUT2D eigenvalue weighted by Gasteiger charge is 2.45. The third kappa shape index (κ3) is 7.14. The molecular formula is C41H44N6O4. The van der Waals surface area contributed by atoms with Crippen molar-refractivity contribution in [1.82, 2.24) is 15.2 Å². The van der Waals surface area contributed by atoms with Gasteiger partial charge in [0.25, 0.3) is 17.7 Å². The Kier molecular flexibility index (Phi) is 9.44. The highest BCUT2D eigenvalue weighted by molar-refractivity contribution is 6.10. The van der Waals surface area contributed by atoms with E-state index in [0.717, 1.165) is 63.1 Å². The number of carbonyl (C=O) groups is 3. The number of rotatable bonds is 9. The Labute approximate surface area is 299 Å². The van der Waals surface area contributed by atoms with Crippen LogP contribution in [0.4, 0.5) is 11.5 Å². The zero-order valence-electron chi connectivity index (χ0n) is 29.4. The first-order valence-corrected chi connectivity index (χ1v) is 17.7. The summed E-state index contributed by atoms with van der Waals surface area (Å²) in [6, 6.07) is 16.1. The number of ether oxygens (including phenoxy) is 1. The van der Waals surface area contributed by atoms with E-state index in [1.807, 2.05) is 45.0 Å². The SMILES string of the molecule is C=C/C=C\C1=C(C)N(C(=O)c2ccc(NC(=O)c3cc(C)cnc3N3CC4(CCOCC4)C3)cc2)[C@@H](C)C(c2ccc(C(=O)NC3CC3)cc2)=N1.